The third-order valence-corrected chi connectivity index (χ3v) is 4.44. The van der Waals surface area contributed by atoms with Crippen LogP contribution in [0, 0.1) is 20.8 Å². The molecule has 0 atom stereocenters. The van der Waals surface area contributed by atoms with Crippen molar-refractivity contribution >= 4 is 23.2 Å². The van der Waals surface area contributed by atoms with E-state index in [0.717, 1.165) is 16.8 Å². The average molecular weight is 377 g/mol. The Labute approximate surface area is 161 Å². The molecule has 3 aromatic rings. The van der Waals surface area contributed by atoms with Gasteiger partial charge in [-0.2, -0.15) is 9.90 Å². The minimum Gasteiger partial charge on any atom is -0.482 e. The lowest BCUT2D eigenvalue weighted by molar-refractivity contribution is -0.118. The van der Waals surface area contributed by atoms with Crippen molar-refractivity contribution in [3.05, 3.63) is 58.9 Å². The van der Waals surface area contributed by atoms with E-state index in [1.54, 1.807) is 25.1 Å². The highest BCUT2D eigenvalue weighted by molar-refractivity contribution is 6.04. The van der Waals surface area contributed by atoms with Crippen LogP contribution in [0.25, 0.3) is 5.69 Å². The Morgan fingerprint density at radius 1 is 1.14 bits per heavy atom. The zero-order valence-corrected chi connectivity index (χ0v) is 15.7. The van der Waals surface area contributed by atoms with Gasteiger partial charge >= 0.3 is 0 Å². The first-order valence-electron chi connectivity index (χ1n) is 8.80. The molecule has 28 heavy (non-hydrogen) atoms. The van der Waals surface area contributed by atoms with Crippen LogP contribution in [0.3, 0.4) is 0 Å². The van der Waals surface area contributed by atoms with Gasteiger partial charge in [-0.1, -0.05) is 17.7 Å². The standard InChI is InChI=1S/C20H19N5O3/c1-11-4-6-16(12(2)8-11)25-23-13(3)19(24-25)20(27)21-14-5-7-17-15(9-14)22-18(26)10-28-17/h4-9H,10H2,1-3H3,(H,21,27)(H,22,26). The molecule has 1 aliphatic rings. The van der Waals surface area contributed by atoms with Gasteiger partial charge in [0.2, 0.25) is 0 Å². The molecule has 0 saturated carbocycles. The second-order valence-electron chi connectivity index (χ2n) is 6.72. The molecular weight excluding hydrogens is 358 g/mol. The summed E-state index contributed by atoms with van der Waals surface area (Å²) in [6, 6.07) is 11.0. The fraction of sp³-hybridized carbons (Fsp3) is 0.200. The van der Waals surface area contributed by atoms with E-state index in [-0.39, 0.29) is 24.1 Å². The number of amides is 2. The second kappa shape index (κ2) is 6.80. The molecule has 0 fully saturated rings. The second-order valence-corrected chi connectivity index (χ2v) is 6.72. The minimum atomic E-state index is -0.378. The maximum absolute atomic E-state index is 12.7. The molecule has 142 valence electrons. The number of hydrogen-bond acceptors (Lipinski definition) is 5. The zero-order chi connectivity index (χ0) is 19.8. The van der Waals surface area contributed by atoms with E-state index in [1.165, 1.54) is 4.80 Å². The van der Waals surface area contributed by atoms with Gasteiger partial charge in [-0.3, -0.25) is 9.59 Å². The number of nitrogens with one attached hydrogen (secondary N) is 2. The number of anilines is 2. The first-order valence-corrected chi connectivity index (χ1v) is 8.80. The molecule has 0 aliphatic carbocycles. The predicted molar refractivity (Wildman–Crippen MR) is 104 cm³/mol. The van der Waals surface area contributed by atoms with Gasteiger partial charge in [0, 0.05) is 5.69 Å². The lowest BCUT2D eigenvalue weighted by atomic mass is 10.1. The van der Waals surface area contributed by atoms with Gasteiger partial charge in [-0.05, 0) is 50.6 Å². The van der Waals surface area contributed by atoms with Crippen molar-refractivity contribution in [2.75, 3.05) is 17.2 Å². The Balaban J connectivity index is 1.58. The highest BCUT2D eigenvalue weighted by Crippen LogP contribution is 2.30. The summed E-state index contributed by atoms with van der Waals surface area (Å²) in [5.41, 5.74) is 4.78. The lowest BCUT2D eigenvalue weighted by Crippen LogP contribution is -2.25. The Bertz CT molecular complexity index is 1100. The SMILES string of the molecule is Cc1ccc(-n2nc(C)c(C(=O)Nc3ccc4c(c3)NC(=O)CO4)n2)c(C)c1. The molecule has 2 aromatic carbocycles. The highest BCUT2D eigenvalue weighted by atomic mass is 16.5. The fourth-order valence-corrected chi connectivity index (χ4v) is 3.08. The van der Waals surface area contributed by atoms with Gasteiger partial charge in [-0.25, -0.2) is 0 Å². The number of carbonyl (C=O) groups excluding carboxylic acids is 2. The summed E-state index contributed by atoms with van der Waals surface area (Å²) in [4.78, 5) is 25.6. The van der Waals surface area contributed by atoms with E-state index < -0.39 is 0 Å². The number of carbonyl (C=O) groups is 2. The van der Waals surface area contributed by atoms with Crippen LogP contribution in [0.1, 0.15) is 27.3 Å². The van der Waals surface area contributed by atoms with E-state index in [0.29, 0.717) is 22.8 Å². The molecular formula is C20H19N5O3. The first kappa shape index (κ1) is 17.7. The maximum atomic E-state index is 12.7. The van der Waals surface area contributed by atoms with Crippen molar-refractivity contribution in [2.45, 2.75) is 20.8 Å². The number of hydrogen-bond donors (Lipinski definition) is 2. The van der Waals surface area contributed by atoms with Crippen molar-refractivity contribution in [1.82, 2.24) is 15.0 Å². The number of aryl methyl sites for hydroxylation is 3. The normalized spacial score (nSPS) is 12.8. The lowest BCUT2D eigenvalue weighted by Gasteiger charge is -2.18. The van der Waals surface area contributed by atoms with E-state index in [4.69, 9.17) is 4.74 Å². The van der Waals surface area contributed by atoms with Crippen molar-refractivity contribution in [1.29, 1.82) is 0 Å². The summed E-state index contributed by atoms with van der Waals surface area (Å²) in [5.74, 6) is -0.0469. The Hall–Kier alpha value is -3.68. The van der Waals surface area contributed by atoms with E-state index in [9.17, 15) is 9.59 Å². The van der Waals surface area contributed by atoms with Crippen LogP contribution in [-0.2, 0) is 4.79 Å². The number of fused-ring (bicyclic) bond motifs is 1. The van der Waals surface area contributed by atoms with Gasteiger partial charge in [0.05, 0.1) is 17.1 Å². The summed E-state index contributed by atoms with van der Waals surface area (Å²) in [6.45, 7) is 5.72. The number of nitrogens with zero attached hydrogens (tertiary/aromatic N) is 3. The molecule has 2 N–H and O–H groups in total. The number of benzene rings is 2. The molecule has 2 heterocycles. The van der Waals surface area contributed by atoms with Crippen LogP contribution < -0.4 is 15.4 Å². The number of ether oxygens (including phenoxy) is 1. The Kier molecular flexibility index (Phi) is 4.31. The molecule has 1 aromatic heterocycles. The smallest absolute Gasteiger partial charge is 0.278 e. The van der Waals surface area contributed by atoms with Crippen LogP contribution in [-0.4, -0.2) is 33.4 Å². The molecule has 2 amide bonds. The van der Waals surface area contributed by atoms with Crippen molar-refractivity contribution in [3.8, 4) is 11.4 Å². The summed E-state index contributed by atoms with van der Waals surface area (Å²) in [6.07, 6.45) is 0. The van der Waals surface area contributed by atoms with Crippen LogP contribution >= 0.6 is 0 Å². The first-order chi connectivity index (χ1) is 13.4. The molecule has 0 bridgehead atoms. The quantitative estimate of drug-likeness (QED) is 0.731. The maximum Gasteiger partial charge on any atom is 0.278 e. The number of aromatic nitrogens is 3. The van der Waals surface area contributed by atoms with Gasteiger partial charge in [-0.15, -0.1) is 5.10 Å². The number of rotatable bonds is 3. The molecule has 8 heteroatoms. The summed E-state index contributed by atoms with van der Waals surface area (Å²) in [7, 11) is 0. The molecule has 4 rings (SSSR count). The predicted octanol–water partition coefficient (Wildman–Crippen LogP) is 2.78. The van der Waals surface area contributed by atoms with Gasteiger partial charge < -0.3 is 15.4 Å². The van der Waals surface area contributed by atoms with Crippen LogP contribution in [0.5, 0.6) is 5.75 Å². The largest absolute Gasteiger partial charge is 0.482 e. The third kappa shape index (κ3) is 3.32. The topological polar surface area (TPSA) is 98.1 Å². The van der Waals surface area contributed by atoms with E-state index in [1.807, 2.05) is 32.0 Å². The van der Waals surface area contributed by atoms with E-state index >= 15 is 0 Å². The molecule has 0 unspecified atom stereocenters. The van der Waals surface area contributed by atoms with E-state index in [2.05, 4.69) is 20.8 Å². The molecule has 0 radical (unpaired) electrons. The van der Waals surface area contributed by atoms with Gasteiger partial charge in [0.25, 0.3) is 11.8 Å². The van der Waals surface area contributed by atoms with Crippen molar-refractivity contribution < 1.29 is 14.3 Å². The fourth-order valence-electron chi connectivity index (χ4n) is 3.08. The van der Waals surface area contributed by atoms with Crippen LogP contribution in [0.15, 0.2) is 36.4 Å². The Morgan fingerprint density at radius 3 is 2.75 bits per heavy atom. The van der Waals surface area contributed by atoms with Gasteiger partial charge in [0.1, 0.15) is 5.75 Å². The third-order valence-electron chi connectivity index (χ3n) is 4.44. The zero-order valence-electron chi connectivity index (χ0n) is 15.7. The minimum absolute atomic E-state index is 0.0145. The Morgan fingerprint density at radius 2 is 1.96 bits per heavy atom. The summed E-state index contributed by atoms with van der Waals surface area (Å²) >= 11 is 0. The van der Waals surface area contributed by atoms with Gasteiger partial charge in [0.15, 0.2) is 12.3 Å². The molecule has 0 spiro atoms. The van der Waals surface area contributed by atoms with Crippen molar-refractivity contribution in [2.24, 2.45) is 0 Å². The molecule has 0 saturated heterocycles. The molecule has 8 nitrogen and oxygen atoms in total. The summed E-state index contributed by atoms with van der Waals surface area (Å²) in [5, 5.41) is 14.3. The average Bonchev–Trinajstić information content (AvgIpc) is 3.03. The summed E-state index contributed by atoms with van der Waals surface area (Å²) < 4.78 is 5.32. The highest BCUT2D eigenvalue weighted by Gasteiger charge is 2.20. The van der Waals surface area contributed by atoms with Crippen LogP contribution in [0.2, 0.25) is 0 Å². The van der Waals surface area contributed by atoms with Crippen LogP contribution in [0.4, 0.5) is 11.4 Å². The molecule has 1 aliphatic heterocycles. The van der Waals surface area contributed by atoms with Crippen molar-refractivity contribution in [3.63, 3.8) is 0 Å². The monoisotopic (exact) mass is 377 g/mol.